The van der Waals surface area contributed by atoms with Crippen LogP contribution in [-0.4, -0.2) is 53.1 Å². The second-order valence-electron chi connectivity index (χ2n) is 7.71. The van der Waals surface area contributed by atoms with Crippen LogP contribution in [0.4, 0.5) is 4.79 Å². The van der Waals surface area contributed by atoms with E-state index in [2.05, 4.69) is 39.9 Å². The molecule has 8 nitrogen and oxygen atoms in total. The van der Waals surface area contributed by atoms with Crippen LogP contribution >= 0.6 is 0 Å². The molecule has 0 saturated heterocycles. The van der Waals surface area contributed by atoms with Gasteiger partial charge in [0.05, 0.1) is 12.2 Å². The first-order chi connectivity index (χ1) is 12.5. The summed E-state index contributed by atoms with van der Waals surface area (Å²) in [6, 6.07) is 0.197. The minimum atomic E-state index is -0.498. The first-order valence-electron chi connectivity index (χ1n) is 9.54. The van der Waals surface area contributed by atoms with Crippen LogP contribution in [0.2, 0.25) is 0 Å². The maximum Gasteiger partial charge on any atom is 0.407 e. The van der Waals surface area contributed by atoms with Crippen molar-refractivity contribution in [2.24, 2.45) is 12.0 Å². The molecule has 1 amide bonds. The zero-order chi connectivity index (χ0) is 20.6. The van der Waals surface area contributed by atoms with Crippen molar-refractivity contribution >= 4 is 12.1 Å². The second kappa shape index (κ2) is 10.2. The number of rotatable bonds is 7. The Hall–Kier alpha value is -2.25. The Bertz CT molecular complexity index is 645. The van der Waals surface area contributed by atoms with Gasteiger partial charge in [0.25, 0.3) is 0 Å². The molecule has 0 saturated carbocycles. The Kier molecular flexibility index (Phi) is 8.59. The highest BCUT2D eigenvalue weighted by Crippen LogP contribution is 2.14. The van der Waals surface area contributed by atoms with Gasteiger partial charge in [-0.05, 0) is 60.5 Å². The van der Waals surface area contributed by atoms with E-state index < -0.39 is 11.7 Å². The van der Waals surface area contributed by atoms with E-state index in [1.165, 1.54) is 11.3 Å². The van der Waals surface area contributed by atoms with E-state index in [4.69, 9.17) is 4.74 Å². The molecular weight excluding hydrogens is 344 g/mol. The maximum absolute atomic E-state index is 11.7. The molecule has 1 rings (SSSR count). The molecule has 0 aromatic carbocycles. The molecule has 8 heteroatoms. The lowest BCUT2D eigenvalue weighted by Gasteiger charge is -2.20. The predicted octanol–water partition coefficient (Wildman–Crippen LogP) is 2.05. The van der Waals surface area contributed by atoms with Crippen molar-refractivity contribution in [1.29, 1.82) is 0 Å². The summed E-state index contributed by atoms with van der Waals surface area (Å²) in [6.07, 6.45) is 0.443. The summed E-state index contributed by atoms with van der Waals surface area (Å²) in [7, 11) is 1.97. The van der Waals surface area contributed by atoms with E-state index >= 15 is 0 Å². The van der Waals surface area contributed by atoms with Gasteiger partial charge in [-0.1, -0.05) is 0 Å². The minimum absolute atomic E-state index is 0.197. The molecule has 0 bridgehead atoms. The van der Waals surface area contributed by atoms with E-state index in [1.807, 2.05) is 46.3 Å². The number of hydrogen-bond donors (Lipinski definition) is 3. The summed E-state index contributed by atoms with van der Waals surface area (Å²) in [5.74, 6) is 0.732. The third-order valence-electron chi connectivity index (χ3n) is 3.95. The summed E-state index contributed by atoms with van der Waals surface area (Å²) >= 11 is 0. The molecule has 1 atom stereocenters. The van der Waals surface area contributed by atoms with Gasteiger partial charge in [-0.2, -0.15) is 5.10 Å². The van der Waals surface area contributed by atoms with Gasteiger partial charge in [0.1, 0.15) is 5.60 Å². The van der Waals surface area contributed by atoms with Gasteiger partial charge in [0, 0.05) is 31.9 Å². The van der Waals surface area contributed by atoms with Crippen molar-refractivity contribution in [1.82, 2.24) is 25.7 Å². The van der Waals surface area contributed by atoms with Crippen LogP contribution in [0.15, 0.2) is 4.99 Å². The van der Waals surface area contributed by atoms with Crippen LogP contribution in [0.3, 0.4) is 0 Å². The van der Waals surface area contributed by atoms with E-state index in [0.717, 1.165) is 24.6 Å². The maximum atomic E-state index is 11.7. The quantitative estimate of drug-likeness (QED) is 0.382. The number of carbonyl (C=O) groups is 1. The number of ether oxygens (including phenoxy) is 1. The Balaban J connectivity index is 2.54. The fourth-order valence-electron chi connectivity index (χ4n) is 2.66. The lowest BCUT2D eigenvalue weighted by molar-refractivity contribution is 0.0529. The monoisotopic (exact) mass is 380 g/mol. The molecule has 1 aromatic rings. The average molecular weight is 381 g/mol. The standard InChI is InChI=1S/C19H36N6O2/c1-9-20-17(21-10-11-22-18(26)27-19(5,6)7)23-13(2)12-16-14(3)24-25(8)15(16)4/h13H,9-12H2,1-8H3,(H,22,26)(H2,20,21,23). The minimum Gasteiger partial charge on any atom is -0.444 e. The molecule has 1 heterocycles. The van der Waals surface area contributed by atoms with Crippen LogP contribution in [-0.2, 0) is 18.2 Å². The third-order valence-corrected chi connectivity index (χ3v) is 3.95. The topological polar surface area (TPSA) is 92.6 Å². The van der Waals surface area contributed by atoms with Crippen molar-refractivity contribution in [3.63, 3.8) is 0 Å². The second-order valence-corrected chi connectivity index (χ2v) is 7.71. The summed E-state index contributed by atoms with van der Waals surface area (Å²) < 4.78 is 7.13. The van der Waals surface area contributed by atoms with E-state index in [9.17, 15) is 4.79 Å². The summed E-state index contributed by atoms with van der Waals surface area (Å²) in [4.78, 5) is 16.2. The normalized spacial score (nSPS) is 13.3. The number of carbonyl (C=O) groups excluding carboxylic acids is 1. The van der Waals surface area contributed by atoms with Gasteiger partial charge in [0.2, 0.25) is 0 Å². The zero-order valence-corrected chi connectivity index (χ0v) is 18.1. The molecule has 3 N–H and O–H groups in total. The van der Waals surface area contributed by atoms with Gasteiger partial charge in [-0.3, -0.25) is 9.67 Å². The first-order valence-corrected chi connectivity index (χ1v) is 9.54. The number of aromatic nitrogens is 2. The molecule has 0 aliphatic heterocycles. The highest BCUT2D eigenvalue weighted by atomic mass is 16.6. The lowest BCUT2D eigenvalue weighted by Crippen LogP contribution is -2.43. The molecule has 154 valence electrons. The number of alkyl carbamates (subject to hydrolysis) is 1. The molecule has 1 aromatic heterocycles. The van der Waals surface area contributed by atoms with E-state index in [0.29, 0.717) is 13.1 Å². The Morgan fingerprint density at radius 1 is 1.30 bits per heavy atom. The molecular formula is C19H36N6O2. The Labute approximate surface area is 163 Å². The fraction of sp³-hybridized carbons (Fsp3) is 0.737. The molecule has 0 aliphatic carbocycles. The SMILES string of the molecule is CCNC(=NCCNC(=O)OC(C)(C)C)NC(C)Cc1c(C)nn(C)c1C. The van der Waals surface area contributed by atoms with Gasteiger partial charge in [0.15, 0.2) is 5.96 Å². The van der Waals surface area contributed by atoms with E-state index in [1.54, 1.807) is 0 Å². The summed E-state index contributed by atoms with van der Waals surface area (Å²) in [5, 5.41) is 13.8. The number of nitrogens with zero attached hydrogens (tertiary/aromatic N) is 3. The van der Waals surface area contributed by atoms with Gasteiger partial charge in [-0.25, -0.2) is 4.79 Å². The van der Waals surface area contributed by atoms with Crippen LogP contribution in [0.25, 0.3) is 0 Å². The summed E-state index contributed by atoms with van der Waals surface area (Å²) in [5.41, 5.74) is 3.01. The lowest BCUT2D eigenvalue weighted by atomic mass is 10.1. The average Bonchev–Trinajstić information content (AvgIpc) is 2.76. The van der Waals surface area contributed by atoms with Gasteiger partial charge < -0.3 is 20.7 Å². The van der Waals surface area contributed by atoms with Crippen LogP contribution in [0.5, 0.6) is 0 Å². The molecule has 0 radical (unpaired) electrons. The van der Waals surface area contributed by atoms with Crippen molar-refractivity contribution in [2.45, 2.75) is 66.5 Å². The number of nitrogens with one attached hydrogen (secondary N) is 3. The third kappa shape index (κ3) is 8.32. The first kappa shape index (κ1) is 22.8. The summed E-state index contributed by atoms with van der Waals surface area (Å²) in [6.45, 7) is 15.4. The van der Waals surface area contributed by atoms with E-state index in [-0.39, 0.29) is 6.04 Å². The van der Waals surface area contributed by atoms with Crippen molar-refractivity contribution in [2.75, 3.05) is 19.6 Å². The van der Waals surface area contributed by atoms with Crippen molar-refractivity contribution < 1.29 is 9.53 Å². The van der Waals surface area contributed by atoms with Gasteiger partial charge >= 0.3 is 6.09 Å². The number of aliphatic imine (C=N–C) groups is 1. The number of aryl methyl sites for hydroxylation is 2. The van der Waals surface area contributed by atoms with Crippen molar-refractivity contribution in [3.05, 3.63) is 17.0 Å². The number of guanidine groups is 1. The van der Waals surface area contributed by atoms with Gasteiger partial charge in [-0.15, -0.1) is 0 Å². The van der Waals surface area contributed by atoms with Crippen LogP contribution < -0.4 is 16.0 Å². The molecule has 1 unspecified atom stereocenters. The number of amides is 1. The Morgan fingerprint density at radius 2 is 1.96 bits per heavy atom. The van der Waals surface area contributed by atoms with Crippen molar-refractivity contribution in [3.8, 4) is 0 Å². The molecule has 0 aliphatic rings. The zero-order valence-electron chi connectivity index (χ0n) is 18.1. The van der Waals surface area contributed by atoms with Crippen LogP contribution in [0, 0.1) is 13.8 Å². The highest BCUT2D eigenvalue weighted by molar-refractivity contribution is 5.80. The molecule has 0 spiro atoms. The highest BCUT2D eigenvalue weighted by Gasteiger charge is 2.16. The smallest absolute Gasteiger partial charge is 0.407 e. The fourth-order valence-corrected chi connectivity index (χ4v) is 2.66. The molecule has 27 heavy (non-hydrogen) atoms. The molecule has 0 fully saturated rings. The number of hydrogen-bond acceptors (Lipinski definition) is 4. The van der Waals surface area contributed by atoms with Crippen LogP contribution in [0.1, 0.15) is 51.6 Å². The Morgan fingerprint density at radius 3 is 2.48 bits per heavy atom. The predicted molar refractivity (Wildman–Crippen MR) is 109 cm³/mol. The largest absolute Gasteiger partial charge is 0.444 e.